The van der Waals surface area contributed by atoms with Gasteiger partial charge in [0.1, 0.15) is 11.5 Å². The number of hydrogen-bond donors (Lipinski definition) is 1. The van der Waals surface area contributed by atoms with E-state index in [9.17, 15) is 18.0 Å². The van der Waals surface area contributed by atoms with Crippen molar-refractivity contribution in [2.75, 3.05) is 32.1 Å². The van der Waals surface area contributed by atoms with E-state index >= 15 is 0 Å². The Balaban J connectivity index is 1.52. The lowest BCUT2D eigenvalue weighted by molar-refractivity contribution is -0.136. The number of sulfonamides is 1. The first-order valence-electron chi connectivity index (χ1n) is 10.1. The van der Waals surface area contributed by atoms with Crippen LogP contribution in [0, 0.1) is 12.8 Å². The molecule has 2 aromatic rings. The molecule has 9 nitrogen and oxygen atoms in total. The van der Waals surface area contributed by atoms with Crippen molar-refractivity contribution >= 4 is 27.5 Å². The van der Waals surface area contributed by atoms with E-state index in [0.717, 1.165) is 0 Å². The van der Waals surface area contributed by atoms with Gasteiger partial charge in [-0.2, -0.15) is 4.31 Å². The standard InChI is InChI=1S/C21H25N3O6S/c1-14-9-17-18(30-13-20(25)22-17)10-19(14)31(27,28)24-7-3-5-15(11-24)21(26)23(2)12-16-6-4-8-29-16/h4,6,8-10,15H,3,5,7,11-13H2,1-2H3,(H,22,25). The number of rotatable bonds is 5. The Hall–Kier alpha value is -2.85. The molecule has 3 heterocycles. The van der Waals surface area contributed by atoms with Gasteiger partial charge < -0.3 is 19.4 Å². The second-order valence-electron chi connectivity index (χ2n) is 7.93. The van der Waals surface area contributed by atoms with Crippen LogP contribution in [0.2, 0.25) is 0 Å². The number of nitrogens with zero attached hydrogens (tertiary/aromatic N) is 2. The number of benzene rings is 1. The van der Waals surface area contributed by atoms with Crippen LogP contribution in [0.5, 0.6) is 5.75 Å². The number of anilines is 1. The monoisotopic (exact) mass is 447 g/mol. The highest BCUT2D eigenvalue weighted by molar-refractivity contribution is 7.89. The molecule has 0 saturated carbocycles. The molecule has 2 amide bonds. The van der Waals surface area contributed by atoms with Gasteiger partial charge in [-0.3, -0.25) is 9.59 Å². The van der Waals surface area contributed by atoms with Crippen molar-refractivity contribution in [3.8, 4) is 5.75 Å². The van der Waals surface area contributed by atoms with Crippen molar-refractivity contribution in [1.29, 1.82) is 0 Å². The van der Waals surface area contributed by atoms with Gasteiger partial charge in [0.25, 0.3) is 5.91 Å². The molecule has 1 saturated heterocycles. The molecular weight excluding hydrogens is 422 g/mol. The lowest BCUT2D eigenvalue weighted by atomic mass is 9.98. The zero-order valence-corrected chi connectivity index (χ0v) is 18.3. The summed E-state index contributed by atoms with van der Waals surface area (Å²) >= 11 is 0. The topological polar surface area (TPSA) is 109 Å². The number of ether oxygens (including phenoxy) is 1. The summed E-state index contributed by atoms with van der Waals surface area (Å²) in [5.74, 6) is 0.194. The summed E-state index contributed by atoms with van der Waals surface area (Å²) < 4.78 is 38.9. The summed E-state index contributed by atoms with van der Waals surface area (Å²) in [5, 5.41) is 2.68. The molecule has 4 rings (SSSR count). The zero-order valence-electron chi connectivity index (χ0n) is 17.5. The highest BCUT2D eigenvalue weighted by Gasteiger charge is 2.36. The van der Waals surface area contributed by atoms with Crippen LogP contribution in [0.4, 0.5) is 5.69 Å². The van der Waals surface area contributed by atoms with Crippen LogP contribution >= 0.6 is 0 Å². The fourth-order valence-electron chi connectivity index (χ4n) is 4.02. The molecule has 2 aliphatic heterocycles. The Morgan fingerprint density at radius 2 is 2.16 bits per heavy atom. The molecule has 1 aromatic heterocycles. The maximum absolute atomic E-state index is 13.4. The summed E-state index contributed by atoms with van der Waals surface area (Å²) in [5.41, 5.74) is 0.965. The second kappa shape index (κ2) is 8.35. The average Bonchev–Trinajstić information content (AvgIpc) is 3.25. The number of piperidine rings is 1. The number of hydrogen-bond acceptors (Lipinski definition) is 6. The van der Waals surface area contributed by atoms with Crippen molar-refractivity contribution in [3.63, 3.8) is 0 Å². The van der Waals surface area contributed by atoms with Gasteiger partial charge in [0.2, 0.25) is 15.9 Å². The predicted octanol–water partition coefficient (Wildman–Crippen LogP) is 1.98. The third-order valence-corrected chi connectivity index (χ3v) is 7.62. The summed E-state index contributed by atoms with van der Waals surface area (Å²) in [7, 11) is -2.14. The first-order chi connectivity index (χ1) is 14.8. The normalized spacial score (nSPS) is 19.3. The van der Waals surface area contributed by atoms with Crippen molar-refractivity contribution in [3.05, 3.63) is 41.9 Å². The largest absolute Gasteiger partial charge is 0.482 e. The molecule has 31 heavy (non-hydrogen) atoms. The van der Waals surface area contributed by atoms with Crippen LogP contribution in [-0.2, 0) is 26.2 Å². The molecule has 0 bridgehead atoms. The van der Waals surface area contributed by atoms with Gasteiger partial charge in [0.15, 0.2) is 6.61 Å². The van der Waals surface area contributed by atoms with Crippen molar-refractivity contribution in [2.24, 2.45) is 5.92 Å². The Bertz CT molecular complexity index is 1100. The smallest absolute Gasteiger partial charge is 0.262 e. The van der Waals surface area contributed by atoms with Gasteiger partial charge >= 0.3 is 0 Å². The fraction of sp³-hybridized carbons (Fsp3) is 0.429. The predicted molar refractivity (Wildman–Crippen MR) is 112 cm³/mol. The average molecular weight is 448 g/mol. The molecule has 1 atom stereocenters. The molecule has 166 valence electrons. The molecule has 0 aliphatic carbocycles. The summed E-state index contributed by atoms with van der Waals surface area (Å²) in [4.78, 5) is 26.1. The first kappa shape index (κ1) is 21.4. The van der Waals surface area contributed by atoms with Crippen molar-refractivity contribution in [1.82, 2.24) is 9.21 Å². The highest BCUT2D eigenvalue weighted by Crippen LogP contribution is 2.35. The third-order valence-electron chi connectivity index (χ3n) is 5.61. The lowest BCUT2D eigenvalue weighted by Gasteiger charge is -2.33. The molecule has 10 heteroatoms. The lowest BCUT2D eigenvalue weighted by Crippen LogP contribution is -2.45. The Morgan fingerprint density at radius 3 is 2.90 bits per heavy atom. The van der Waals surface area contributed by atoms with Crippen LogP contribution < -0.4 is 10.1 Å². The van der Waals surface area contributed by atoms with E-state index in [4.69, 9.17) is 9.15 Å². The number of aryl methyl sites for hydroxylation is 1. The van der Waals surface area contributed by atoms with E-state index in [1.807, 2.05) is 0 Å². The fourth-order valence-corrected chi connectivity index (χ4v) is 5.77. The van der Waals surface area contributed by atoms with E-state index in [1.165, 1.54) is 10.4 Å². The van der Waals surface area contributed by atoms with Gasteiger partial charge in [-0.25, -0.2) is 8.42 Å². The number of carbonyl (C=O) groups is 2. The number of furan rings is 1. The van der Waals surface area contributed by atoms with Gasteiger partial charge in [0, 0.05) is 26.2 Å². The zero-order chi connectivity index (χ0) is 22.2. The molecule has 1 N–H and O–H groups in total. The summed E-state index contributed by atoms with van der Waals surface area (Å²) in [6.07, 6.45) is 2.78. The van der Waals surface area contributed by atoms with Crippen molar-refractivity contribution in [2.45, 2.75) is 31.2 Å². The van der Waals surface area contributed by atoms with Gasteiger partial charge in [-0.05, 0) is 43.5 Å². The van der Waals surface area contributed by atoms with Crippen LogP contribution in [0.15, 0.2) is 39.8 Å². The van der Waals surface area contributed by atoms with Gasteiger partial charge in [0.05, 0.1) is 29.3 Å². The first-order valence-corrected chi connectivity index (χ1v) is 11.5. The minimum atomic E-state index is -3.83. The molecule has 1 fully saturated rings. The number of nitrogens with one attached hydrogen (secondary N) is 1. The van der Waals surface area contributed by atoms with Crippen LogP contribution in [0.3, 0.4) is 0 Å². The van der Waals surface area contributed by atoms with Gasteiger partial charge in [-0.15, -0.1) is 0 Å². The molecule has 2 aliphatic rings. The quantitative estimate of drug-likeness (QED) is 0.751. The maximum Gasteiger partial charge on any atom is 0.262 e. The van der Waals surface area contributed by atoms with Crippen LogP contribution in [0.25, 0.3) is 0 Å². The summed E-state index contributed by atoms with van der Waals surface area (Å²) in [6, 6.07) is 6.61. The molecular formula is C21H25N3O6S. The molecule has 1 unspecified atom stereocenters. The second-order valence-corrected chi connectivity index (χ2v) is 9.83. The number of amides is 2. The van der Waals surface area contributed by atoms with Crippen LogP contribution in [-0.4, -0.2) is 56.2 Å². The molecule has 0 spiro atoms. The minimum absolute atomic E-state index is 0.107. The van der Waals surface area contributed by atoms with E-state index in [0.29, 0.717) is 48.7 Å². The minimum Gasteiger partial charge on any atom is -0.482 e. The van der Waals surface area contributed by atoms with E-state index in [-0.39, 0.29) is 29.9 Å². The van der Waals surface area contributed by atoms with E-state index in [1.54, 1.807) is 43.3 Å². The highest BCUT2D eigenvalue weighted by atomic mass is 32.2. The Labute approximate surface area is 181 Å². The summed E-state index contributed by atoms with van der Waals surface area (Å²) in [6.45, 7) is 2.33. The number of fused-ring (bicyclic) bond motifs is 1. The Kier molecular flexibility index (Phi) is 5.76. The number of carbonyl (C=O) groups excluding carboxylic acids is 2. The van der Waals surface area contributed by atoms with Gasteiger partial charge in [-0.1, -0.05) is 0 Å². The third kappa shape index (κ3) is 4.31. The van der Waals surface area contributed by atoms with E-state index < -0.39 is 15.9 Å². The Morgan fingerprint density at radius 1 is 1.35 bits per heavy atom. The van der Waals surface area contributed by atoms with Crippen LogP contribution in [0.1, 0.15) is 24.2 Å². The van der Waals surface area contributed by atoms with Crippen molar-refractivity contribution < 1.29 is 27.2 Å². The maximum atomic E-state index is 13.4. The molecule has 0 radical (unpaired) electrons. The van der Waals surface area contributed by atoms with E-state index in [2.05, 4.69) is 5.32 Å². The molecule has 1 aromatic carbocycles. The SMILES string of the molecule is Cc1cc2c(cc1S(=O)(=O)N1CCCC(C(=O)N(C)Cc3ccco3)C1)OCC(=O)N2.